The van der Waals surface area contributed by atoms with Gasteiger partial charge in [0.2, 0.25) is 0 Å². The predicted molar refractivity (Wildman–Crippen MR) is 64.0 cm³/mol. The van der Waals surface area contributed by atoms with Gasteiger partial charge < -0.3 is 5.73 Å². The van der Waals surface area contributed by atoms with Gasteiger partial charge in [-0.3, -0.25) is 4.68 Å². The number of nitrogens with two attached hydrogens (primary N) is 1. The first kappa shape index (κ1) is 12.2. The SMILES string of the molecule is CCCn1nc(CC)c(CCN)c1CC. The van der Waals surface area contributed by atoms with Crippen LogP contribution in [-0.2, 0) is 25.8 Å². The lowest BCUT2D eigenvalue weighted by molar-refractivity contribution is 0.570. The standard InChI is InChI=1S/C12H23N3/c1-4-9-15-12(6-3)10(7-8-13)11(5-2)14-15/h4-9,13H2,1-3H3. The van der Waals surface area contributed by atoms with Crippen molar-refractivity contribution in [2.45, 2.75) is 53.0 Å². The van der Waals surface area contributed by atoms with Crippen molar-refractivity contribution in [3.63, 3.8) is 0 Å². The van der Waals surface area contributed by atoms with Gasteiger partial charge in [0.15, 0.2) is 0 Å². The van der Waals surface area contributed by atoms with Crippen LogP contribution in [0.5, 0.6) is 0 Å². The summed E-state index contributed by atoms with van der Waals surface area (Å²) < 4.78 is 2.17. The minimum absolute atomic E-state index is 0.720. The van der Waals surface area contributed by atoms with Gasteiger partial charge in [0.25, 0.3) is 0 Å². The first-order valence-corrected chi connectivity index (χ1v) is 6.05. The molecule has 1 heterocycles. The normalized spacial score (nSPS) is 10.9. The molecule has 1 aromatic rings. The maximum Gasteiger partial charge on any atom is 0.0657 e. The third kappa shape index (κ3) is 2.59. The quantitative estimate of drug-likeness (QED) is 0.778. The monoisotopic (exact) mass is 209 g/mol. The first-order chi connectivity index (χ1) is 7.28. The third-order valence-corrected chi connectivity index (χ3v) is 2.75. The average molecular weight is 209 g/mol. The van der Waals surface area contributed by atoms with Crippen molar-refractivity contribution in [2.24, 2.45) is 5.73 Å². The van der Waals surface area contributed by atoms with Gasteiger partial charge in [0.1, 0.15) is 0 Å². The maximum absolute atomic E-state index is 5.65. The van der Waals surface area contributed by atoms with Crippen molar-refractivity contribution in [3.05, 3.63) is 17.0 Å². The summed E-state index contributed by atoms with van der Waals surface area (Å²) in [5, 5.41) is 4.67. The van der Waals surface area contributed by atoms with Gasteiger partial charge >= 0.3 is 0 Å². The zero-order chi connectivity index (χ0) is 11.3. The Balaban J connectivity index is 3.07. The molecule has 0 aliphatic heterocycles. The van der Waals surface area contributed by atoms with Gasteiger partial charge in [0.05, 0.1) is 5.69 Å². The predicted octanol–water partition coefficient (Wildman–Crippen LogP) is 1.92. The highest BCUT2D eigenvalue weighted by atomic mass is 15.3. The number of rotatable bonds is 6. The Morgan fingerprint density at radius 1 is 1.20 bits per heavy atom. The molecule has 0 saturated carbocycles. The summed E-state index contributed by atoms with van der Waals surface area (Å²) in [5.41, 5.74) is 9.68. The molecule has 1 rings (SSSR count). The molecular weight excluding hydrogens is 186 g/mol. The zero-order valence-corrected chi connectivity index (χ0v) is 10.2. The molecule has 0 atom stereocenters. The van der Waals surface area contributed by atoms with Crippen molar-refractivity contribution in [1.29, 1.82) is 0 Å². The Morgan fingerprint density at radius 2 is 1.93 bits per heavy atom. The number of hydrogen-bond donors (Lipinski definition) is 1. The minimum Gasteiger partial charge on any atom is -0.330 e. The molecule has 2 N–H and O–H groups in total. The van der Waals surface area contributed by atoms with Gasteiger partial charge in [-0.05, 0) is 37.8 Å². The molecule has 0 spiro atoms. The van der Waals surface area contributed by atoms with Gasteiger partial charge in [-0.15, -0.1) is 0 Å². The molecule has 0 saturated heterocycles. The molecule has 0 radical (unpaired) electrons. The van der Waals surface area contributed by atoms with Crippen LogP contribution in [0.2, 0.25) is 0 Å². The topological polar surface area (TPSA) is 43.8 Å². The molecule has 0 aromatic carbocycles. The van der Waals surface area contributed by atoms with Crippen molar-refractivity contribution in [1.82, 2.24) is 9.78 Å². The maximum atomic E-state index is 5.65. The van der Waals surface area contributed by atoms with E-state index in [1.54, 1.807) is 0 Å². The Morgan fingerprint density at radius 3 is 2.40 bits per heavy atom. The second-order valence-corrected chi connectivity index (χ2v) is 3.84. The van der Waals surface area contributed by atoms with E-state index < -0.39 is 0 Å². The largest absolute Gasteiger partial charge is 0.330 e. The van der Waals surface area contributed by atoms with Crippen molar-refractivity contribution in [3.8, 4) is 0 Å². The van der Waals surface area contributed by atoms with Crippen molar-refractivity contribution >= 4 is 0 Å². The van der Waals surface area contributed by atoms with E-state index in [0.29, 0.717) is 0 Å². The number of aromatic nitrogens is 2. The van der Waals surface area contributed by atoms with Crippen molar-refractivity contribution in [2.75, 3.05) is 6.54 Å². The average Bonchev–Trinajstić information content (AvgIpc) is 2.57. The third-order valence-electron chi connectivity index (χ3n) is 2.75. The molecule has 3 nitrogen and oxygen atoms in total. The summed E-state index contributed by atoms with van der Waals surface area (Å²) in [7, 11) is 0. The highest BCUT2D eigenvalue weighted by Crippen LogP contribution is 2.17. The lowest BCUT2D eigenvalue weighted by atomic mass is 10.1. The minimum atomic E-state index is 0.720. The van der Waals surface area contributed by atoms with E-state index in [2.05, 4.69) is 30.6 Å². The second-order valence-electron chi connectivity index (χ2n) is 3.84. The van der Waals surface area contributed by atoms with Crippen LogP contribution in [0, 0.1) is 0 Å². The lowest BCUT2D eigenvalue weighted by Gasteiger charge is -2.05. The second kappa shape index (κ2) is 5.91. The van der Waals surface area contributed by atoms with E-state index in [0.717, 1.165) is 38.8 Å². The Kier molecular flexibility index (Phi) is 4.82. The van der Waals surface area contributed by atoms with E-state index in [9.17, 15) is 0 Å². The van der Waals surface area contributed by atoms with Crippen LogP contribution < -0.4 is 5.73 Å². The van der Waals surface area contributed by atoms with Crippen LogP contribution in [0.25, 0.3) is 0 Å². The van der Waals surface area contributed by atoms with Gasteiger partial charge in [-0.1, -0.05) is 20.8 Å². The summed E-state index contributed by atoms with van der Waals surface area (Å²) >= 11 is 0. The van der Waals surface area contributed by atoms with Gasteiger partial charge in [-0.25, -0.2) is 0 Å². The molecule has 0 fully saturated rings. The van der Waals surface area contributed by atoms with Crippen LogP contribution in [0.1, 0.15) is 44.1 Å². The van der Waals surface area contributed by atoms with Crippen molar-refractivity contribution < 1.29 is 0 Å². The van der Waals surface area contributed by atoms with E-state index in [4.69, 9.17) is 5.73 Å². The zero-order valence-electron chi connectivity index (χ0n) is 10.2. The molecule has 0 amide bonds. The smallest absolute Gasteiger partial charge is 0.0657 e. The highest BCUT2D eigenvalue weighted by Gasteiger charge is 2.13. The van der Waals surface area contributed by atoms with Gasteiger partial charge in [0, 0.05) is 12.2 Å². The Hall–Kier alpha value is -0.830. The molecule has 86 valence electrons. The van der Waals surface area contributed by atoms with Crippen LogP contribution in [0.15, 0.2) is 0 Å². The molecule has 0 unspecified atom stereocenters. The summed E-state index contributed by atoms with van der Waals surface area (Å²) in [4.78, 5) is 0. The summed E-state index contributed by atoms with van der Waals surface area (Å²) in [6.45, 7) is 8.30. The fourth-order valence-corrected chi connectivity index (χ4v) is 2.10. The van der Waals surface area contributed by atoms with E-state index in [-0.39, 0.29) is 0 Å². The van der Waals surface area contributed by atoms with E-state index in [1.165, 1.54) is 17.0 Å². The van der Waals surface area contributed by atoms with Crippen LogP contribution in [0.3, 0.4) is 0 Å². The van der Waals surface area contributed by atoms with Crippen LogP contribution in [0.4, 0.5) is 0 Å². The van der Waals surface area contributed by atoms with Crippen LogP contribution in [-0.4, -0.2) is 16.3 Å². The first-order valence-electron chi connectivity index (χ1n) is 6.05. The molecular formula is C12H23N3. The molecule has 0 aliphatic carbocycles. The molecule has 0 bridgehead atoms. The van der Waals surface area contributed by atoms with Crippen LogP contribution >= 0.6 is 0 Å². The molecule has 1 aromatic heterocycles. The molecule has 0 aliphatic rings. The fraction of sp³-hybridized carbons (Fsp3) is 0.750. The Labute approximate surface area is 92.7 Å². The highest BCUT2D eigenvalue weighted by molar-refractivity contribution is 5.27. The molecule has 3 heteroatoms. The summed E-state index contributed by atoms with van der Waals surface area (Å²) in [5.74, 6) is 0. The number of hydrogen-bond acceptors (Lipinski definition) is 2. The summed E-state index contributed by atoms with van der Waals surface area (Å²) in [6.07, 6.45) is 4.18. The Bertz CT molecular complexity index is 302. The molecule has 15 heavy (non-hydrogen) atoms. The number of aryl methyl sites for hydroxylation is 2. The number of nitrogens with zero attached hydrogens (tertiary/aromatic N) is 2. The van der Waals surface area contributed by atoms with E-state index in [1.807, 2.05) is 0 Å². The lowest BCUT2D eigenvalue weighted by Crippen LogP contribution is -2.08. The fourth-order valence-electron chi connectivity index (χ4n) is 2.10. The van der Waals surface area contributed by atoms with Gasteiger partial charge in [-0.2, -0.15) is 5.10 Å². The summed E-state index contributed by atoms with van der Waals surface area (Å²) in [6, 6.07) is 0. The van der Waals surface area contributed by atoms with E-state index >= 15 is 0 Å².